The summed E-state index contributed by atoms with van der Waals surface area (Å²) in [5, 5.41) is 0. The highest BCUT2D eigenvalue weighted by atomic mass is 32.2. The first-order valence-electron chi connectivity index (χ1n) is 7.07. The average molecular weight is 323 g/mol. The molecule has 0 bridgehead atoms. The molecule has 3 rings (SSSR count). The zero-order valence-electron chi connectivity index (χ0n) is 11.9. The Kier molecular flexibility index (Phi) is 4.35. The van der Waals surface area contributed by atoms with Crippen LogP contribution in [0.2, 0.25) is 0 Å². The summed E-state index contributed by atoms with van der Waals surface area (Å²) in [6.45, 7) is 1.24. The Bertz CT molecular complexity index is 724. The van der Waals surface area contributed by atoms with Crippen molar-refractivity contribution in [2.75, 3.05) is 19.8 Å². The van der Waals surface area contributed by atoms with E-state index < -0.39 is 10.0 Å². The van der Waals surface area contributed by atoms with Gasteiger partial charge in [0.25, 0.3) is 0 Å². The van der Waals surface area contributed by atoms with Gasteiger partial charge >= 0.3 is 0 Å². The fourth-order valence-electron chi connectivity index (χ4n) is 2.20. The summed E-state index contributed by atoms with van der Waals surface area (Å²) in [7, 11) is -3.55. The molecule has 6 nitrogen and oxygen atoms in total. The van der Waals surface area contributed by atoms with Crippen molar-refractivity contribution in [1.82, 2.24) is 4.72 Å². The Labute approximate surface area is 129 Å². The second-order valence-electron chi connectivity index (χ2n) is 4.89. The minimum Gasteiger partial charge on any atom is -0.486 e. The van der Waals surface area contributed by atoms with Gasteiger partial charge in [0.15, 0.2) is 11.5 Å². The lowest BCUT2D eigenvalue weighted by Crippen LogP contribution is -2.25. The van der Waals surface area contributed by atoms with Gasteiger partial charge in [-0.1, -0.05) is 0 Å². The lowest BCUT2D eigenvalue weighted by atomic mass is 10.2. The van der Waals surface area contributed by atoms with Gasteiger partial charge in [-0.15, -0.1) is 0 Å². The van der Waals surface area contributed by atoms with Crippen LogP contribution >= 0.6 is 0 Å². The molecule has 0 saturated carbocycles. The fraction of sp³-hybridized carbons (Fsp3) is 0.333. The maximum Gasteiger partial charge on any atom is 0.240 e. The van der Waals surface area contributed by atoms with Crippen LogP contribution in [-0.4, -0.2) is 28.2 Å². The Hall–Kier alpha value is -1.99. The normalized spacial score (nSPS) is 14.0. The van der Waals surface area contributed by atoms with Crippen molar-refractivity contribution in [3.05, 3.63) is 42.4 Å². The zero-order valence-corrected chi connectivity index (χ0v) is 12.8. The fourth-order valence-corrected chi connectivity index (χ4v) is 3.29. The van der Waals surface area contributed by atoms with E-state index in [1.165, 1.54) is 12.1 Å². The Morgan fingerprint density at radius 3 is 2.68 bits per heavy atom. The molecule has 1 N–H and O–H groups in total. The van der Waals surface area contributed by atoms with Gasteiger partial charge in [0.05, 0.1) is 11.2 Å². The van der Waals surface area contributed by atoms with Crippen LogP contribution in [0.5, 0.6) is 11.5 Å². The molecular formula is C15H17NO5S. The molecule has 2 aromatic rings. The number of hydrogen-bond acceptors (Lipinski definition) is 5. The number of ether oxygens (including phenoxy) is 2. The summed E-state index contributed by atoms with van der Waals surface area (Å²) in [4.78, 5) is 0.176. The first kappa shape index (κ1) is 14.9. The number of sulfonamides is 1. The summed E-state index contributed by atoms with van der Waals surface area (Å²) in [5.74, 6) is 1.88. The van der Waals surface area contributed by atoms with Gasteiger partial charge in [-0.3, -0.25) is 0 Å². The summed E-state index contributed by atoms with van der Waals surface area (Å²) in [6, 6.07) is 8.31. The molecule has 0 aliphatic carbocycles. The van der Waals surface area contributed by atoms with Crippen molar-refractivity contribution in [1.29, 1.82) is 0 Å². The van der Waals surface area contributed by atoms with Gasteiger partial charge in [0.2, 0.25) is 10.0 Å². The van der Waals surface area contributed by atoms with Crippen LogP contribution < -0.4 is 14.2 Å². The predicted molar refractivity (Wildman–Crippen MR) is 79.6 cm³/mol. The van der Waals surface area contributed by atoms with Crippen LogP contribution in [0.1, 0.15) is 12.2 Å². The first-order valence-corrected chi connectivity index (χ1v) is 8.55. The van der Waals surface area contributed by atoms with Gasteiger partial charge < -0.3 is 13.9 Å². The standard InChI is InChI=1S/C15H17NO5S/c17-22(18,16-7-1-3-12-4-2-8-19-12)13-5-6-14-15(11-13)21-10-9-20-14/h2,4-6,8,11,16H,1,3,7,9-10H2. The first-order chi connectivity index (χ1) is 10.6. The highest BCUT2D eigenvalue weighted by molar-refractivity contribution is 7.89. The van der Waals surface area contributed by atoms with Gasteiger partial charge in [-0.2, -0.15) is 0 Å². The number of benzene rings is 1. The minimum absolute atomic E-state index is 0.176. The smallest absolute Gasteiger partial charge is 0.240 e. The van der Waals surface area contributed by atoms with Crippen LogP contribution in [0, 0.1) is 0 Å². The van der Waals surface area contributed by atoms with Crippen LogP contribution in [0.15, 0.2) is 45.9 Å². The van der Waals surface area contributed by atoms with Crippen LogP contribution in [0.25, 0.3) is 0 Å². The molecule has 1 aliphatic rings. The van der Waals surface area contributed by atoms with Gasteiger partial charge in [0.1, 0.15) is 19.0 Å². The number of nitrogens with one attached hydrogen (secondary N) is 1. The number of hydrogen-bond donors (Lipinski definition) is 1. The number of rotatable bonds is 6. The molecule has 0 atom stereocenters. The van der Waals surface area contributed by atoms with E-state index in [-0.39, 0.29) is 4.90 Å². The van der Waals surface area contributed by atoms with Gasteiger partial charge in [-0.25, -0.2) is 13.1 Å². The molecule has 118 valence electrons. The molecule has 0 saturated heterocycles. The van der Waals surface area contributed by atoms with Crippen molar-refractivity contribution in [3.8, 4) is 11.5 Å². The van der Waals surface area contributed by atoms with Gasteiger partial charge in [-0.05, 0) is 30.7 Å². The molecule has 2 heterocycles. The molecule has 0 spiro atoms. The molecule has 0 fully saturated rings. The Morgan fingerprint density at radius 1 is 1.09 bits per heavy atom. The largest absolute Gasteiger partial charge is 0.486 e. The van der Waals surface area contributed by atoms with Crippen molar-refractivity contribution in [2.45, 2.75) is 17.7 Å². The van der Waals surface area contributed by atoms with Crippen LogP contribution in [0.3, 0.4) is 0 Å². The van der Waals surface area contributed by atoms with Crippen molar-refractivity contribution in [2.24, 2.45) is 0 Å². The quantitative estimate of drug-likeness (QED) is 0.822. The molecular weight excluding hydrogens is 306 g/mol. The lowest BCUT2D eigenvalue weighted by molar-refractivity contribution is 0.171. The summed E-state index contributed by atoms with van der Waals surface area (Å²) < 4.78 is 43.1. The highest BCUT2D eigenvalue weighted by Crippen LogP contribution is 2.32. The maximum atomic E-state index is 12.2. The van der Waals surface area contributed by atoms with E-state index in [9.17, 15) is 8.42 Å². The Morgan fingerprint density at radius 2 is 1.91 bits per heavy atom. The minimum atomic E-state index is -3.55. The highest BCUT2D eigenvalue weighted by Gasteiger charge is 2.18. The van der Waals surface area contributed by atoms with E-state index in [1.807, 2.05) is 12.1 Å². The molecule has 1 aliphatic heterocycles. The number of aryl methyl sites for hydroxylation is 1. The second kappa shape index (κ2) is 6.41. The maximum absolute atomic E-state index is 12.2. The van der Waals surface area contributed by atoms with E-state index in [0.29, 0.717) is 44.1 Å². The molecule has 0 radical (unpaired) electrons. The Balaban J connectivity index is 1.60. The third kappa shape index (κ3) is 3.42. The van der Waals surface area contributed by atoms with E-state index in [0.717, 1.165) is 5.76 Å². The summed E-state index contributed by atoms with van der Waals surface area (Å²) >= 11 is 0. The second-order valence-corrected chi connectivity index (χ2v) is 6.65. The van der Waals surface area contributed by atoms with E-state index in [4.69, 9.17) is 13.9 Å². The molecule has 1 aromatic heterocycles. The topological polar surface area (TPSA) is 77.8 Å². The molecule has 0 unspecified atom stereocenters. The predicted octanol–water partition coefficient (Wildman–Crippen LogP) is 1.96. The third-order valence-corrected chi connectivity index (χ3v) is 4.75. The molecule has 0 amide bonds. The summed E-state index contributed by atoms with van der Waals surface area (Å²) in [5.41, 5.74) is 0. The number of fused-ring (bicyclic) bond motifs is 1. The van der Waals surface area contributed by atoms with E-state index in [2.05, 4.69) is 4.72 Å². The molecule has 7 heteroatoms. The number of furan rings is 1. The molecule has 22 heavy (non-hydrogen) atoms. The van der Waals surface area contributed by atoms with Crippen molar-refractivity contribution in [3.63, 3.8) is 0 Å². The van der Waals surface area contributed by atoms with Crippen molar-refractivity contribution >= 4 is 10.0 Å². The van der Waals surface area contributed by atoms with Crippen LogP contribution in [-0.2, 0) is 16.4 Å². The van der Waals surface area contributed by atoms with Gasteiger partial charge in [0, 0.05) is 19.0 Å². The van der Waals surface area contributed by atoms with E-state index >= 15 is 0 Å². The molecule has 1 aromatic carbocycles. The average Bonchev–Trinajstić information content (AvgIpc) is 3.04. The van der Waals surface area contributed by atoms with Crippen LogP contribution in [0.4, 0.5) is 0 Å². The van der Waals surface area contributed by atoms with Crippen molar-refractivity contribution < 1.29 is 22.3 Å². The third-order valence-electron chi connectivity index (χ3n) is 3.30. The SMILES string of the molecule is O=S(=O)(NCCCc1ccco1)c1ccc2c(c1)OCCO2. The van der Waals surface area contributed by atoms with E-state index in [1.54, 1.807) is 12.3 Å². The monoisotopic (exact) mass is 323 g/mol. The zero-order chi connectivity index (χ0) is 15.4. The summed E-state index contributed by atoms with van der Waals surface area (Å²) in [6.07, 6.45) is 2.96. The lowest BCUT2D eigenvalue weighted by Gasteiger charge is -2.18.